The van der Waals surface area contributed by atoms with E-state index in [-0.39, 0.29) is 5.91 Å². The van der Waals surface area contributed by atoms with Crippen molar-refractivity contribution < 1.29 is 9.90 Å². The first kappa shape index (κ1) is 15.5. The average molecular weight is 318 g/mol. The van der Waals surface area contributed by atoms with Crippen LogP contribution in [0.15, 0.2) is 12.4 Å². The number of rotatable bonds is 5. The smallest absolute Gasteiger partial charge is 0.277 e. The molecular weight excluding hydrogens is 296 g/mol. The van der Waals surface area contributed by atoms with Crippen molar-refractivity contribution in [1.29, 1.82) is 0 Å². The summed E-state index contributed by atoms with van der Waals surface area (Å²) in [5.41, 5.74) is 2.59. The maximum Gasteiger partial charge on any atom is 0.277 e. The monoisotopic (exact) mass is 318 g/mol. The van der Waals surface area contributed by atoms with Gasteiger partial charge in [0, 0.05) is 26.3 Å². The maximum absolute atomic E-state index is 12.6. The number of nitrogens with zero attached hydrogens (tertiary/aromatic N) is 5. The molecule has 23 heavy (non-hydrogen) atoms. The van der Waals surface area contributed by atoms with E-state index in [1.54, 1.807) is 29.9 Å². The number of aromatic amines is 1. The highest BCUT2D eigenvalue weighted by atomic mass is 16.3. The number of hydrogen-bond donors (Lipinski definition) is 2. The van der Waals surface area contributed by atoms with E-state index in [9.17, 15) is 9.90 Å². The van der Waals surface area contributed by atoms with Crippen molar-refractivity contribution in [3.05, 3.63) is 29.5 Å². The van der Waals surface area contributed by atoms with Crippen molar-refractivity contribution in [2.24, 2.45) is 7.05 Å². The highest BCUT2D eigenvalue weighted by Crippen LogP contribution is 2.27. The molecule has 1 amide bonds. The molecule has 0 radical (unpaired) electrons. The molecule has 0 saturated carbocycles. The Balaban J connectivity index is 1.61. The Labute approximate surface area is 134 Å². The van der Waals surface area contributed by atoms with Gasteiger partial charge in [-0.1, -0.05) is 0 Å². The first-order valence-corrected chi connectivity index (χ1v) is 7.73. The minimum atomic E-state index is -0.975. The van der Waals surface area contributed by atoms with Gasteiger partial charge in [0.15, 0.2) is 11.5 Å². The van der Waals surface area contributed by atoms with Crippen LogP contribution in [0.3, 0.4) is 0 Å². The molecule has 8 nitrogen and oxygen atoms in total. The van der Waals surface area contributed by atoms with Gasteiger partial charge >= 0.3 is 0 Å². The molecule has 1 aliphatic heterocycles. The Morgan fingerprint density at radius 3 is 2.83 bits per heavy atom. The zero-order chi connectivity index (χ0) is 16.6. The van der Waals surface area contributed by atoms with Crippen LogP contribution in [-0.2, 0) is 13.5 Å². The van der Waals surface area contributed by atoms with E-state index in [0.717, 1.165) is 30.7 Å². The van der Waals surface area contributed by atoms with Crippen LogP contribution in [0.5, 0.6) is 0 Å². The first-order valence-electron chi connectivity index (χ1n) is 7.73. The minimum absolute atomic E-state index is 0.179. The second-order valence-electron chi connectivity index (χ2n) is 5.98. The van der Waals surface area contributed by atoms with E-state index in [1.807, 2.05) is 13.0 Å². The molecule has 1 aliphatic rings. The molecule has 0 aromatic carbocycles. The molecule has 8 heteroatoms. The number of aliphatic hydroxyl groups excluding tert-OH is 1. The second kappa shape index (κ2) is 6.04. The van der Waals surface area contributed by atoms with Gasteiger partial charge in [0.05, 0.1) is 12.0 Å². The number of unbranched alkanes of at least 4 members (excludes halogenated alkanes) is 1. The van der Waals surface area contributed by atoms with Crippen LogP contribution in [0, 0.1) is 6.92 Å². The van der Waals surface area contributed by atoms with Crippen molar-refractivity contribution in [2.75, 3.05) is 18.5 Å². The molecule has 0 fully saturated rings. The van der Waals surface area contributed by atoms with E-state index >= 15 is 0 Å². The predicted molar refractivity (Wildman–Crippen MR) is 84.9 cm³/mol. The van der Waals surface area contributed by atoms with Gasteiger partial charge in [0.25, 0.3) is 5.91 Å². The molecule has 3 rings (SSSR count). The number of carbonyl (C=O) groups is 1. The summed E-state index contributed by atoms with van der Waals surface area (Å²) in [7, 11) is 3.52. The molecule has 1 atom stereocenters. The van der Waals surface area contributed by atoms with Gasteiger partial charge in [-0.15, -0.1) is 0 Å². The third-order valence-electron chi connectivity index (χ3n) is 4.18. The van der Waals surface area contributed by atoms with Crippen LogP contribution in [0.25, 0.3) is 0 Å². The van der Waals surface area contributed by atoms with Crippen molar-refractivity contribution in [3.63, 3.8) is 0 Å². The summed E-state index contributed by atoms with van der Waals surface area (Å²) in [6, 6.07) is 2.02. The summed E-state index contributed by atoms with van der Waals surface area (Å²) in [5.74, 6) is 0.342. The third kappa shape index (κ3) is 2.81. The molecule has 0 aliphatic carbocycles. The lowest BCUT2D eigenvalue weighted by Crippen LogP contribution is -2.54. The molecule has 2 aromatic rings. The summed E-state index contributed by atoms with van der Waals surface area (Å²) in [5, 5.41) is 17.5. The lowest BCUT2D eigenvalue weighted by atomic mass is 10.1. The van der Waals surface area contributed by atoms with E-state index in [4.69, 9.17) is 0 Å². The van der Waals surface area contributed by atoms with Crippen LogP contribution >= 0.6 is 0 Å². The summed E-state index contributed by atoms with van der Waals surface area (Å²) in [6.45, 7) is 2.47. The Morgan fingerprint density at radius 2 is 2.13 bits per heavy atom. The van der Waals surface area contributed by atoms with Gasteiger partial charge in [-0.05, 0) is 32.3 Å². The van der Waals surface area contributed by atoms with Gasteiger partial charge in [0.2, 0.25) is 6.35 Å². The van der Waals surface area contributed by atoms with Gasteiger partial charge in [-0.3, -0.25) is 14.8 Å². The second-order valence-corrected chi connectivity index (χ2v) is 5.98. The normalized spacial score (nSPS) is 17.7. The van der Waals surface area contributed by atoms with Crippen LogP contribution in [0.4, 0.5) is 5.82 Å². The lowest BCUT2D eigenvalue weighted by Gasteiger charge is -2.38. The molecule has 0 spiro atoms. The van der Waals surface area contributed by atoms with E-state index in [0.29, 0.717) is 18.1 Å². The number of hydrogen-bond acceptors (Lipinski definition) is 5. The topological polar surface area (TPSA) is 90.3 Å². The van der Waals surface area contributed by atoms with Crippen LogP contribution in [0.2, 0.25) is 0 Å². The quantitative estimate of drug-likeness (QED) is 0.790. The number of H-pyrrole nitrogens is 1. The Morgan fingerprint density at radius 1 is 1.35 bits per heavy atom. The van der Waals surface area contributed by atoms with Crippen molar-refractivity contribution in [3.8, 4) is 0 Å². The molecule has 2 N–H and O–H groups in total. The number of fused-ring (bicyclic) bond motifs is 1. The summed E-state index contributed by atoms with van der Waals surface area (Å²) < 4.78 is 1.69. The van der Waals surface area contributed by atoms with Gasteiger partial charge in [-0.25, -0.2) is 4.98 Å². The molecule has 0 bridgehead atoms. The Hall–Kier alpha value is -2.35. The van der Waals surface area contributed by atoms with Crippen molar-refractivity contribution in [2.45, 2.75) is 32.5 Å². The summed E-state index contributed by atoms with van der Waals surface area (Å²) in [4.78, 5) is 19.9. The average Bonchev–Trinajstić information content (AvgIpc) is 3.10. The molecule has 2 aromatic heterocycles. The molecular formula is C15H22N6O2. The summed E-state index contributed by atoms with van der Waals surface area (Å²) in [6.07, 6.45) is 3.18. The van der Waals surface area contributed by atoms with Crippen LogP contribution in [0.1, 0.15) is 34.7 Å². The maximum atomic E-state index is 12.6. The number of amides is 1. The predicted octanol–water partition coefficient (Wildman–Crippen LogP) is 0.642. The zero-order valence-corrected chi connectivity index (χ0v) is 13.7. The van der Waals surface area contributed by atoms with E-state index in [1.165, 1.54) is 4.90 Å². The molecule has 3 heterocycles. The van der Waals surface area contributed by atoms with E-state index < -0.39 is 6.35 Å². The number of aromatic nitrogens is 4. The number of carbonyl (C=O) groups excluding carboxylic acids is 1. The molecule has 124 valence electrons. The number of aliphatic hydroxyl groups is 1. The van der Waals surface area contributed by atoms with Crippen LogP contribution in [-0.4, -0.2) is 55.6 Å². The fraction of sp³-hybridized carbons (Fsp3) is 0.533. The third-order valence-corrected chi connectivity index (χ3v) is 4.18. The van der Waals surface area contributed by atoms with Crippen LogP contribution < -0.4 is 4.90 Å². The standard InChI is InChI=1S/C15H22N6O2/c1-10-8-11(18-17-10)6-4-5-7-21-14(22)12-13(16-9-19(12)2)20(3)15(21)23/h8-9,15,23H,4-7H2,1-3H3,(H,17,18). The highest BCUT2D eigenvalue weighted by molar-refractivity contribution is 5.99. The largest absolute Gasteiger partial charge is 0.356 e. The highest BCUT2D eigenvalue weighted by Gasteiger charge is 2.37. The van der Waals surface area contributed by atoms with Gasteiger partial charge in [-0.2, -0.15) is 5.10 Å². The van der Waals surface area contributed by atoms with E-state index in [2.05, 4.69) is 15.2 Å². The van der Waals surface area contributed by atoms with Crippen molar-refractivity contribution >= 4 is 11.7 Å². The number of anilines is 1. The van der Waals surface area contributed by atoms with Crippen molar-refractivity contribution in [1.82, 2.24) is 24.6 Å². The lowest BCUT2D eigenvalue weighted by molar-refractivity contribution is 0.00255. The molecule has 1 unspecified atom stereocenters. The zero-order valence-electron chi connectivity index (χ0n) is 13.7. The first-order chi connectivity index (χ1) is 11.0. The minimum Gasteiger partial charge on any atom is -0.356 e. The number of imidazole rings is 1. The molecule has 0 saturated heterocycles. The van der Waals surface area contributed by atoms with Gasteiger partial charge in [0.1, 0.15) is 0 Å². The fourth-order valence-corrected chi connectivity index (χ4v) is 2.89. The summed E-state index contributed by atoms with van der Waals surface area (Å²) >= 11 is 0. The fourth-order valence-electron chi connectivity index (χ4n) is 2.89. The Bertz CT molecular complexity index is 707. The SMILES string of the molecule is Cc1cc(CCCCN2C(=O)c3c(ncn3C)N(C)C2O)n[nH]1. The van der Waals surface area contributed by atoms with Gasteiger partial charge < -0.3 is 14.6 Å². The Kier molecular flexibility index (Phi) is 4.08. The number of aryl methyl sites for hydroxylation is 3. The number of nitrogens with one attached hydrogen (secondary N) is 1.